The maximum atomic E-state index is 13.2. The van der Waals surface area contributed by atoms with Crippen LogP contribution in [0, 0.1) is 10.1 Å². The molecule has 3 heterocycles. The van der Waals surface area contributed by atoms with E-state index in [-0.39, 0.29) is 23.3 Å². The molecule has 5 rings (SSSR count). The highest BCUT2D eigenvalue weighted by Crippen LogP contribution is 2.27. The molecule has 2 aliphatic rings. The van der Waals surface area contributed by atoms with Gasteiger partial charge in [-0.3, -0.25) is 24.7 Å². The average molecular weight is 546 g/mol. The molecule has 1 aromatic heterocycles. The van der Waals surface area contributed by atoms with E-state index in [0.717, 1.165) is 38.4 Å². The zero-order valence-corrected chi connectivity index (χ0v) is 22.1. The third kappa shape index (κ3) is 6.42. The molecule has 1 atom stereocenters. The molecule has 12 nitrogen and oxygen atoms in total. The summed E-state index contributed by atoms with van der Waals surface area (Å²) in [6.45, 7) is 5.23. The van der Waals surface area contributed by atoms with Crippen LogP contribution in [0.5, 0.6) is 0 Å². The second-order valence-corrected chi connectivity index (χ2v) is 9.77. The molecule has 12 heteroatoms. The summed E-state index contributed by atoms with van der Waals surface area (Å²) in [4.78, 5) is 46.0. The van der Waals surface area contributed by atoms with E-state index in [4.69, 9.17) is 4.74 Å². The Morgan fingerprint density at radius 1 is 1.02 bits per heavy atom. The molecular formula is C28H31N7O5. The molecule has 1 unspecified atom stereocenters. The monoisotopic (exact) mass is 545 g/mol. The Labute approximate surface area is 231 Å². The fourth-order valence-corrected chi connectivity index (χ4v) is 4.72. The number of benzene rings is 2. The van der Waals surface area contributed by atoms with E-state index in [1.54, 1.807) is 54.7 Å². The lowest BCUT2D eigenvalue weighted by molar-refractivity contribution is -0.385. The summed E-state index contributed by atoms with van der Waals surface area (Å²) in [6, 6.07) is 14.6. The second kappa shape index (κ2) is 12.2. The van der Waals surface area contributed by atoms with Crippen LogP contribution in [-0.2, 0) is 4.74 Å². The van der Waals surface area contributed by atoms with Gasteiger partial charge in [-0.05, 0) is 49.5 Å². The summed E-state index contributed by atoms with van der Waals surface area (Å²) < 4.78 is 5.73. The zero-order valence-electron chi connectivity index (χ0n) is 22.1. The number of rotatable bonds is 7. The Morgan fingerprint density at radius 3 is 2.48 bits per heavy atom. The van der Waals surface area contributed by atoms with E-state index < -0.39 is 10.8 Å². The van der Waals surface area contributed by atoms with Gasteiger partial charge in [0.05, 0.1) is 17.2 Å². The van der Waals surface area contributed by atoms with Gasteiger partial charge in [0.25, 0.3) is 17.5 Å². The van der Waals surface area contributed by atoms with Crippen molar-refractivity contribution >= 4 is 34.6 Å². The minimum atomic E-state index is -0.606. The molecule has 2 saturated heterocycles. The molecule has 0 aliphatic carbocycles. The van der Waals surface area contributed by atoms with Crippen LogP contribution in [0.15, 0.2) is 60.8 Å². The number of likely N-dealkylation sites (N-methyl/N-ethyl adjacent to an activating group) is 1. The minimum Gasteiger partial charge on any atom is -0.369 e. The van der Waals surface area contributed by atoms with Crippen molar-refractivity contribution in [1.82, 2.24) is 15.2 Å². The first kappa shape index (κ1) is 27.2. The SMILES string of the molecule is CN1CCN(c2ccc([N+](=O)[O-])c(C(=O)Nc3cccc(NC(=O)c4ccnc(C5CNCCO5)c4)c3)c2)CC1. The molecular weight excluding hydrogens is 514 g/mol. The molecule has 0 spiro atoms. The predicted molar refractivity (Wildman–Crippen MR) is 151 cm³/mol. The summed E-state index contributed by atoms with van der Waals surface area (Å²) in [7, 11) is 2.04. The van der Waals surface area contributed by atoms with Crippen LogP contribution in [-0.4, -0.2) is 79.5 Å². The Balaban J connectivity index is 1.29. The van der Waals surface area contributed by atoms with E-state index in [2.05, 4.69) is 30.7 Å². The molecule has 0 bridgehead atoms. The predicted octanol–water partition coefficient (Wildman–Crippen LogP) is 2.91. The third-order valence-electron chi connectivity index (χ3n) is 6.97. The van der Waals surface area contributed by atoms with Gasteiger partial charge in [-0.1, -0.05) is 6.07 Å². The Bertz CT molecular complexity index is 1400. The number of amides is 2. The van der Waals surface area contributed by atoms with Crippen LogP contribution in [0.2, 0.25) is 0 Å². The van der Waals surface area contributed by atoms with Crippen molar-refractivity contribution in [3.05, 3.63) is 87.7 Å². The fourth-order valence-electron chi connectivity index (χ4n) is 4.72. The van der Waals surface area contributed by atoms with Crippen LogP contribution >= 0.6 is 0 Å². The molecule has 2 amide bonds. The number of pyridine rings is 1. The minimum absolute atomic E-state index is 0.0281. The quantitative estimate of drug-likeness (QED) is 0.302. The molecule has 0 saturated carbocycles. The summed E-state index contributed by atoms with van der Waals surface area (Å²) in [5.74, 6) is -0.947. The highest BCUT2D eigenvalue weighted by atomic mass is 16.6. The zero-order chi connectivity index (χ0) is 28.1. The Kier molecular flexibility index (Phi) is 8.29. The molecule has 2 aromatic carbocycles. The second-order valence-electron chi connectivity index (χ2n) is 9.77. The van der Waals surface area contributed by atoms with Crippen molar-refractivity contribution in [2.75, 3.05) is 68.5 Å². The highest BCUT2D eigenvalue weighted by molar-refractivity contribution is 6.08. The van der Waals surface area contributed by atoms with Crippen LogP contribution in [0.1, 0.15) is 32.5 Å². The van der Waals surface area contributed by atoms with Crippen molar-refractivity contribution in [2.24, 2.45) is 0 Å². The summed E-state index contributed by atoms with van der Waals surface area (Å²) >= 11 is 0. The van der Waals surface area contributed by atoms with Gasteiger partial charge in [-0.25, -0.2) is 0 Å². The number of nitrogens with one attached hydrogen (secondary N) is 3. The number of ether oxygens (including phenoxy) is 1. The molecule has 3 N–H and O–H groups in total. The lowest BCUT2D eigenvalue weighted by Crippen LogP contribution is -2.44. The molecule has 0 radical (unpaired) electrons. The van der Waals surface area contributed by atoms with Crippen molar-refractivity contribution < 1.29 is 19.2 Å². The van der Waals surface area contributed by atoms with Gasteiger partial charge >= 0.3 is 0 Å². The van der Waals surface area contributed by atoms with Crippen molar-refractivity contribution in [2.45, 2.75) is 6.10 Å². The van der Waals surface area contributed by atoms with Gasteiger partial charge in [-0.2, -0.15) is 0 Å². The summed E-state index contributed by atoms with van der Waals surface area (Å²) in [5.41, 5.74) is 2.39. The standard InChI is InChI=1S/C28H31N7O5/c1-33-10-12-34(13-11-33)22-5-6-25(35(38)39)23(17-22)28(37)32-21-4-2-3-20(16-21)31-27(36)19-7-8-30-24(15-19)26-18-29-9-14-40-26/h2-8,15-17,26,29H,9-14,18H2,1H3,(H,31,36)(H,32,37). The van der Waals surface area contributed by atoms with Gasteiger partial charge in [-0.15, -0.1) is 0 Å². The van der Waals surface area contributed by atoms with Gasteiger partial charge < -0.3 is 30.5 Å². The number of nitro groups is 1. The van der Waals surface area contributed by atoms with Gasteiger partial charge in [0.2, 0.25) is 0 Å². The first-order chi connectivity index (χ1) is 19.4. The van der Waals surface area contributed by atoms with Gasteiger partial charge in [0.15, 0.2) is 0 Å². The number of morpholine rings is 1. The van der Waals surface area contributed by atoms with E-state index in [9.17, 15) is 19.7 Å². The average Bonchev–Trinajstić information content (AvgIpc) is 2.98. The van der Waals surface area contributed by atoms with E-state index >= 15 is 0 Å². The number of hydrogen-bond donors (Lipinski definition) is 3. The number of piperazine rings is 1. The van der Waals surface area contributed by atoms with E-state index in [1.165, 1.54) is 6.07 Å². The highest BCUT2D eigenvalue weighted by Gasteiger charge is 2.24. The number of anilines is 3. The largest absolute Gasteiger partial charge is 0.369 e. The number of aromatic nitrogens is 1. The van der Waals surface area contributed by atoms with E-state index in [0.29, 0.717) is 35.8 Å². The Morgan fingerprint density at radius 2 is 1.77 bits per heavy atom. The van der Waals surface area contributed by atoms with Crippen LogP contribution in [0.3, 0.4) is 0 Å². The molecule has 2 aliphatic heterocycles. The number of carbonyl (C=O) groups is 2. The first-order valence-corrected chi connectivity index (χ1v) is 13.1. The van der Waals surface area contributed by atoms with Crippen molar-refractivity contribution in [1.29, 1.82) is 0 Å². The lowest BCUT2D eigenvalue weighted by Gasteiger charge is -2.34. The normalized spacial score (nSPS) is 17.7. The lowest BCUT2D eigenvalue weighted by atomic mass is 10.1. The number of hydrogen-bond acceptors (Lipinski definition) is 9. The fraction of sp³-hybridized carbons (Fsp3) is 0.321. The Hall–Kier alpha value is -4.39. The summed E-state index contributed by atoms with van der Waals surface area (Å²) in [5, 5.41) is 20.5. The topological polar surface area (TPSA) is 142 Å². The van der Waals surface area contributed by atoms with Crippen LogP contribution in [0.4, 0.5) is 22.7 Å². The van der Waals surface area contributed by atoms with Gasteiger partial charge in [0, 0.05) is 74.2 Å². The molecule has 40 heavy (non-hydrogen) atoms. The van der Waals surface area contributed by atoms with Crippen LogP contribution in [0.25, 0.3) is 0 Å². The third-order valence-corrected chi connectivity index (χ3v) is 6.97. The van der Waals surface area contributed by atoms with Crippen LogP contribution < -0.4 is 20.9 Å². The number of carbonyl (C=O) groups excluding carboxylic acids is 2. The van der Waals surface area contributed by atoms with Gasteiger partial charge in [0.1, 0.15) is 11.7 Å². The molecule has 208 valence electrons. The molecule has 3 aromatic rings. The molecule has 2 fully saturated rings. The number of nitro benzene ring substituents is 1. The maximum Gasteiger partial charge on any atom is 0.282 e. The maximum absolute atomic E-state index is 13.2. The first-order valence-electron chi connectivity index (χ1n) is 13.1. The van der Waals surface area contributed by atoms with Crippen molar-refractivity contribution in [3.63, 3.8) is 0 Å². The number of nitrogens with zero attached hydrogens (tertiary/aromatic N) is 4. The van der Waals surface area contributed by atoms with E-state index in [1.807, 2.05) is 7.05 Å². The smallest absolute Gasteiger partial charge is 0.282 e. The van der Waals surface area contributed by atoms with Crippen molar-refractivity contribution in [3.8, 4) is 0 Å². The summed E-state index contributed by atoms with van der Waals surface area (Å²) in [6.07, 6.45) is 1.35.